The molecule has 106 valence electrons. The Kier molecular flexibility index (Phi) is 3.65. The molecule has 0 saturated heterocycles. The summed E-state index contributed by atoms with van der Waals surface area (Å²) in [4.78, 5) is 17.1. The number of benzene rings is 1. The van der Waals surface area contributed by atoms with Gasteiger partial charge in [0.15, 0.2) is 0 Å². The molecule has 21 heavy (non-hydrogen) atoms. The van der Waals surface area contributed by atoms with E-state index in [2.05, 4.69) is 26.2 Å². The van der Waals surface area contributed by atoms with Crippen LogP contribution in [0.15, 0.2) is 41.0 Å². The first-order valence-electron chi connectivity index (χ1n) is 6.27. The summed E-state index contributed by atoms with van der Waals surface area (Å²) in [6.07, 6.45) is 1.67. The number of fused-ring (bicyclic) bond motifs is 1. The molecular weight excluding hydrogens is 350 g/mol. The number of carbonyl (C=O) groups excluding carboxylic acids is 1. The van der Waals surface area contributed by atoms with Crippen LogP contribution >= 0.6 is 27.3 Å². The molecule has 2 heterocycles. The SMILES string of the molecule is Cc1ccc(NC(=O)c2sc3cccnc3c2N)cc1Br. The molecule has 0 aliphatic rings. The molecule has 3 aromatic rings. The molecule has 3 N–H and O–H groups in total. The highest BCUT2D eigenvalue weighted by Gasteiger charge is 2.17. The minimum Gasteiger partial charge on any atom is -0.396 e. The van der Waals surface area contributed by atoms with Gasteiger partial charge in [-0.25, -0.2) is 0 Å². The molecule has 0 spiro atoms. The number of pyridine rings is 1. The normalized spacial score (nSPS) is 10.8. The van der Waals surface area contributed by atoms with Crippen molar-refractivity contribution in [1.82, 2.24) is 4.98 Å². The first-order valence-corrected chi connectivity index (χ1v) is 7.87. The molecule has 0 atom stereocenters. The van der Waals surface area contributed by atoms with E-state index in [0.29, 0.717) is 16.1 Å². The molecule has 0 aliphatic heterocycles. The van der Waals surface area contributed by atoms with Crippen molar-refractivity contribution in [3.8, 4) is 0 Å². The summed E-state index contributed by atoms with van der Waals surface area (Å²) in [5, 5.41) is 2.86. The van der Waals surface area contributed by atoms with Crippen molar-refractivity contribution >= 4 is 54.8 Å². The molecule has 0 saturated carbocycles. The number of nitrogens with zero attached hydrogens (tertiary/aromatic N) is 1. The maximum atomic E-state index is 12.4. The number of aromatic nitrogens is 1. The summed E-state index contributed by atoms with van der Waals surface area (Å²) in [5.41, 5.74) is 8.97. The number of hydrogen-bond donors (Lipinski definition) is 2. The van der Waals surface area contributed by atoms with E-state index in [-0.39, 0.29) is 5.91 Å². The molecule has 3 rings (SSSR count). The fourth-order valence-corrected chi connectivity index (χ4v) is 3.33. The zero-order valence-corrected chi connectivity index (χ0v) is 13.6. The molecule has 0 fully saturated rings. The first-order chi connectivity index (χ1) is 10.1. The van der Waals surface area contributed by atoms with Crippen LogP contribution in [0.4, 0.5) is 11.4 Å². The molecule has 6 heteroatoms. The van der Waals surface area contributed by atoms with E-state index in [1.54, 1.807) is 6.20 Å². The van der Waals surface area contributed by atoms with Gasteiger partial charge in [0.1, 0.15) is 10.4 Å². The van der Waals surface area contributed by atoms with Crippen molar-refractivity contribution in [2.45, 2.75) is 6.92 Å². The summed E-state index contributed by atoms with van der Waals surface area (Å²) >= 11 is 4.80. The lowest BCUT2D eigenvalue weighted by Crippen LogP contribution is -2.12. The van der Waals surface area contributed by atoms with E-state index in [9.17, 15) is 4.79 Å². The van der Waals surface area contributed by atoms with E-state index < -0.39 is 0 Å². The molecule has 1 amide bonds. The number of nitrogens with one attached hydrogen (secondary N) is 1. The molecule has 0 bridgehead atoms. The quantitative estimate of drug-likeness (QED) is 0.718. The van der Waals surface area contributed by atoms with Gasteiger partial charge in [-0.05, 0) is 36.8 Å². The van der Waals surface area contributed by atoms with Gasteiger partial charge in [-0.2, -0.15) is 0 Å². The summed E-state index contributed by atoms with van der Waals surface area (Å²) in [5.74, 6) is -0.216. The van der Waals surface area contributed by atoms with E-state index in [1.165, 1.54) is 11.3 Å². The van der Waals surface area contributed by atoms with Gasteiger partial charge in [-0.15, -0.1) is 11.3 Å². The number of carbonyl (C=O) groups is 1. The largest absolute Gasteiger partial charge is 0.396 e. The Bertz CT molecular complexity index is 844. The van der Waals surface area contributed by atoms with E-state index in [1.807, 2.05) is 37.3 Å². The Labute approximate surface area is 134 Å². The number of aryl methyl sites for hydroxylation is 1. The van der Waals surface area contributed by atoms with Crippen LogP contribution in [0.3, 0.4) is 0 Å². The predicted molar refractivity (Wildman–Crippen MR) is 90.9 cm³/mol. The summed E-state index contributed by atoms with van der Waals surface area (Å²) < 4.78 is 1.86. The molecule has 0 unspecified atom stereocenters. The third-order valence-corrected chi connectivity index (χ3v) is 5.13. The number of rotatable bonds is 2. The van der Waals surface area contributed by atoms with Crippen LogP contribution in [0, 0.1) is 6.92 Å². The van der Waals surface area contributed by atoms with Gasteiger partial charge in [0.05, 0.1) is 10.4 Å². The van der Waals surface area contributed by atoms with Crippen LogP contribution in [0.2, 0.25) is 0 Å². The van der Waals surface area contributed by atoms with Gasteiger partial charge >= 0.3 is 0 Å². The van der Waals surface area contributed by atoms with Crippen LogP contribution in [0.5, 0.6) is 0 Å². The smallest absolute Gasteiger partial charge is 0.267 e. The summed E-state index contributed by atoms with van der Waals surface area (Å²) in [6.45, 7) is 1.99. The molecule has 0 aliphatic carbocycles. The lowest BCUT2D eigenvalue weighted by Gasteiger charge is -2.06. The van der Waals surface area contributed by atoms with Crippen molar-refractivity contribution in [2.24, 2.45) is 0 Å². The van der Waals surface area contributed by atoms with Crippen LogP contribution in [0.1, 0.15) is 15.2 Å². The third-order valence-electron chi connectivity index (χ3n) is 3.12. The van der Waals surface area contributed by atoms with Gasteiger partial charge in [0.25, 0.3) is 5.91 Å². The van der Waals surface area contributed by atoms with E-state index >= 15 is 0 Å². The Morgan fingerprint density at radius 2 is 2.19 bits per heavy atom. The Morgan fingerprint density at radius 3 is 2.90 bits per heavy atom. The van der Waals surface area contributed by atoms with Crippen molar-refractivity contribution in [3.05, 3.63) is 51.4 Å². The van der Waals surface area contributed by atoms with Gasteiger partial charge in [0, 0.05) is 16.4 Å². The van der Waals surface area contributed by atoms with E-state index in [4.69, 9.17) is 5.73 Å². The number of halogens is 1. The van der Waals surface area contributed by atoms with E-state index in [0.717, 1.165) is 20.4 Å². The Balaban J connectivity index is 1.93. The van der Waals surface area contributed by atoms with Crippen LogP contribution in [-0.2, 0) is 0 Å². The Hall–Kier alpha value is -1.92. The predicted octanol–water partition coefficient (Wildman–Crippen LogP) is 4.20. The second-order valence-corrected chi connectivity index (χ2v) is 6.52. The number of nitrogen functional groups attached to an aromatic ring is 1. The number of anilines is 2. The molecule has 1 aromatic carbocycles. The number of amides is 1. The molecule has 2 aromatic heterocycles. The first kappa shape index (κ1) is 14.0. The van der Waals surface area contributed by atoms with Crippen molar-refractivity contribution in [2.75, 3.05) is 11.1 Å². The summed E-state index contributed by atoms with van der Waals surface area (Å²) in [7, 11) is 0. The highest BCUT2D eigenvalue weighted by atomic mass is 79.9. The molecular formula is C15H12BrN3OS. The zero-order chi connectivity index (χ0) is 15.0. The number of thiophene rings is 1. The second-order valence-electron chi connectivity index (χ2n) is 4.61. The highest BCUT2D eigenvalue weighted by Crippen LogP contribution is 2.32. The van der Waals surface area contributed by atoms with Crippen molar-refractivity contribution < 1.29 is 4.79 Å². The standard InChI is InChI=1S/C15H12BrN3OS/c1-8-4-5-9(7-10(8)16)19-15(20)14-12(17)13-11(21-14)3-2-6-18-13/h2-7H,17H2,1H3,(H,19,20). The third kappa shape index (κ3) is 2.64. The van der Waals surface area contributed by atoms with Gasteiger partial charge in [-0.3, -0.25) is 9.78 Å². The fraction of sp³-hybridized carbons (Fsp3) is 0.0667. The molecule has 4 nitrogen and oxygen atoms in total. The number of hydrogen-bond acceptors (Lipinski definition) is 4. The summed E-state index contributed by atoms with van der Waals surface area (Å²) in [6, 6.07) is 9.41. The maximum absolute atomic E-state index is 12.4. The monoisotopic (exact) mass is 361 g/mol. The average molecular weight is 362 g/mol. The Morgan fingerprint density at radius 1 is 1.38 bits per heavy atom. The minimum absolute atomic E-state index is 0.216. The highest BCUT2D eigenvalue weighted by molar-refractivity contribution is 9.10. The van der Waals surface area contributed by atoms with Crippen LogP contribution in [0.25, 0.3) is 10.2 Å². The lowest BCUT2D eigenvalue weighted by molar-refractivity contribution is 0.103. The number of nitrogens with two attached hydrogens (primary N) is 1. The van der Waals surface area contributed by atoms with Gasteiger partial charge < -0.3 is 11.1 Å². The van der Waals surface area contributed by atoms with Crippen LogP contribution < -0.4 is 11.1 Å². The van der Waals surface area contributed by atoms with Gasteiger partial charge in [0.2, 0.25) is 0 Å². The van der Waals surface area contributed by atoms with Crippen molar-refractivity contribution in [3.63, 3.8) is 0 Å². The fourth-order valence-electron chi connectivity index (χ4n) is 1.97. The zero-order valence-electron chi connectivity index (χ0n) is 11.2. The molecule has 0 radical (unpaired) electrons. The van der Waals surface area contributed by atoms with Crippen LogP contribution in [-0.4, -0.2) is 10.9 Å². The van der Waals surface area contributed by atoms with Gasteiger partial charge in [-0.1, -0.05) is 22.0 Å². The second kappa shape index (κ2) is 5.46. The van der Waals surface area contributed by atoms with Crippen molar-refractivity contribution in [1.29, 1.82) is 0 Å². The minimum atomic E-state index is -0.216. The lowest BCUT2D eigenvalue weighted by atomic mass is 10.2. The topological polar surface area (TPSA) is 68.0 Å². The average Bonchev–Trinajstić information content (AvgIpc) is 2.81. The maximum Gasteiger partial charge on any atom is 0.267 e.